The van der Waals surface area contributed by atoms with Gasteiger partial charge in [-0.25, -0.2) is 0 Å². The molecule has 2 aromatic rings. The van der Waals surface area contributed by atoms with Crippen molar-refractivity contribution in [1.82, 2.24) is 14.8 Å². The average molecular weight is 355 g/mol. The van der Waals surface area contributed by atoms with Crippen LogP contribution in [0.2, 0.25) is 0 Å². The molecule has 3 heterocycles. The van der Waals surface area contributed by atoms with Gasteiger partial charge in [-0.15, -0.1) is 0 Å². The number of nitrogens with zero attached hydrogens (tertiary/aromatic N) is 2. The van der Waals surface area contributed by atoms with E-state index in [9.17, 15) is 9.59 Å². The van der Waals surface area contributed by atoms with Crippen LogP contribution in [0.3, 0.4) is 0 Å². The summed E-state index contributed by atoms with van der Waals surface area (Å²) in [5, 5.41) is 1.04. The third kappa shape index (κ3) is 2.69. The first-order chi connectivity index (χ1) is 12.5. The van der Waals surface area contributed by atoms with Crippen molar-refractivity contribution in [2.45, 2.75) is 25.4 Å². The molecule has 2 saturated heterocycles. The van der Waals surface area contributed by atoms with Crippen LogP contribution in [-0.2, 0) is 9.53 Å². The van der Waals surface area contributed by atoms with E-state index < -0.39 is 0 Å². The van der Waals surface area contributed by atoms with E-state index in [4.69, 9.17) is 4.74 Å². The summed E-state index contributed by atoms with van der Waals surface area (Å²) >= 11 is 0. The summed E-state index contributed by atoms with van der Waals surface area (Å²) in [7, 11) is 3.55. The number of hydrogen-bond donors (Lipinski definition) is 1. The average Bonchev–Trinajstić information content (AvgIpc) is 3.14. The molecule has 1 unspecified atom stereocenters. The van der Waals surface area contributed by atoms with Gasteiger partial charge in [-0.05, 0) is 31.4 Å². The normalized spacial score (nSPS) is 23.0. The lowest BCUT2D eigenvalue weighted by molar-refractivity contribution is -0.155. The summed E-state index contributed by atoms with van der Waals surface area (Å²) in [5.41, 5.74) is 1.19. The van der Waals surface area contributed by atoms with Crippen LogP contribution in [-0.4, -0.2) is 66.5 Å². The van der Waals surface area contributed by atoms with Gasteiger partial charge in [-0.1, -0.05) is 12.1 Å². The summed E-state index contributed by atoms with van der Waals surface area (Å²) in [6.45, 7) is 1.85. The van der Waals surface area contributed by atoms with Gasteiger partial charge >= 0.3 is 0 Å². The fraction of sp³-hybridized carbons (Fsp3) is 0.500. The van der Waals surface area contributed by atoms with Crippen molar-refractivity contribution in [3.05, 3.63) is 36.0 Å². The summed E-state index contributed by atoms with van der Waals surface area (Å²) in [6.07, 6.45) is 4.08. The van der Waals surface area contributed by atoms with E-state index in [1.165, 1.54) is 0 Å². The number of para-hydroxylation sites is 1. The lowest BCUT2D eigenvalue weighted by atomic mass is 9.71. The van der Waals surface area contributed by atoms with Crippen LogP contribution in [0.25, 0.3) is 10.9 Å². The number of fused-ring (bicyclic) bond motifs is 1. The van der Waals surface area contributed by atoms with E-state index in [0.717, 1.165) is 17.3 Å². The van der Waals surface area contributed by atoms with Gasteiger partial charge in [0.1, 0.15) is 0 Å². The van der Waals surface area contributed by atoms with E-state index in [1.54, 1.807) is 12.0 Å². The number of carbonyl (C=O) groups excluding carboxylic acids is 2. The Labute approximate surface area is 153 Å². The van der Waals surface area contributed by atoms with Crippen molar-refractivity contribution in [2.24, 2.45) is 5.41 Å². The number of methoxy groups -OCH3 is 1. The molecular formula is C20H25N3O3. The predicted molar refractivity (Wildman–Crippen MR) is 98.9 cm³/mol. The number of piperidine rings is 2. The van der Waals surface area contributed by atoms with Gasteiger partial charge in [0.15, 0.2) is 0 Å². The molecule has 0 radical (unpaired) electrons. The Morgan fingerprint density at radius 2 is 2.04 bits per heavy atom. The van der Waals surface area contributed by atoms with Crippen molar-refractivity contribution in [2.75, 3.05) is 33.8 Å². The predicted octanol–water partition coefficient (Wildman–Crippen LogP) is 2.27. The largest absolute Gasteiger partial charge is 0.380 e. The van der Waals surface area contributed by atoms with Gasteiger partial charge in [0, 0.05) is 45.4 Å². The SMILES string of the molecule is COC1CN(C)C(=O)C2(CCN(C(=O)c3cccc4cc[nH]c34)CC2)C1. The summed E-state index contributed by atoms with van der Waals surface area (Å²) in [4.78, 5) is 32.7. The molecule has 1 atom stereocenters. The lowest BCUT2D eigenvalue weighted by Gasteiger charge is -2.47. The van der Waals surface area contributed by atoms with Gasteiger partial charge in [0.2, 0.25) is 5.91 Å². The first-order valence-electron chi connectivity index (χ1n) is 9.18. The number of rotatable bonds is 2. The Morgan fingerprint density at radius 1 is 1.27 bits per heavy atom. The van der Waals surface area contributed by atoms with Crippen LogP contribution < -0.4 is 0 Å². The molecular weight excluding hydrogens is 330 g/mol. The third-order valence-corrected chi connectivity index (χ3v) is 6.06. The van der Waals surface area contributed by atoms with E-state index in [0.29, 0.717) is 38.0 Å². The molecule has 2 aliphatic heterocycles. The highest BCUT2D eigenvalue weighted by atomic mass is 16.5. The van der Waals surface area contributed by atoms with Crippen molar-refractivity contribution >= 4 is 22.7 Å². The molecule has 26 heavy (non-hydrogen) atoms. The Kier molecular flexibility index (Phi) is 4.23. The number of carbonyl (C=O) groups is 2. The molecule has 1 N–H and O–H groups in total. The standard InChI is InChI=1S/C20H25N3O3/c1-22-13-15(26-2)12-20(19(22)25)7-10-23(11-8-20)18(24)16-5-3-4-14-6-9-21-17(14)16/h3-6,9,15,21H,7-8,10-13H2,1-2H3. The first kappa shape index (κ1) is 17.1. The summed E-state index contributed by atoms with van der Waals surface area (Å²) in [6, 6.07) is 7.75. The number of ether oxygens (including phenoxy) is 1. The second-order valence-electron chi connectivity index (χ2n) is 7.57. The number of likely N-dealkylation sites (tertiary alicyclic amines) is 2. The van der Waals surface area contributed by atoms with Gasteiger partial charge in [-0.3, -0.25) is 9.59 Å². The second kappa shape index (κ2) is 6.43. The molecule has 0 aliphatic carbocycles. The van der Waals surface area contributed by atoms with Gasteiger partial charge in [0.25, 0.3) is 5.91 Å². The maximum Gasteiger partial charge on any atom is 0.255 e. The van der Waals surface area contributed by atoms with Crippen molar-refractivity contribution in [3.8, 4) is 0 Å². The maximum absolute atomic E-state index is 13.0. The summed E-state index contributed by atoms with van der Waals surface area (Å²) in [5.74, 6) is 0.233. The number of amides is 2. The molecule has 1 spiro atoms. The van der Waals surface area contributed by atoms with Crippen LogP contribution in [0, 0.1) is 5.41 Å². The highest BCUT2D eigenvalue weighted by Crippen LogP contribution is 2.41. The molecule has 4 rings (SSSR count). The van der Waals surface area contributed by atoms with Crippen molar-refractivity contribution in [1.29, 1.82) is 0 Å². The molecule has 0 saturated carbocycles. The Balaban J connectivity index is 1.52. The molecule has 2 fully saturated rings. The molecule has 6 heteroatoms. The van der Waals surface area contributed by atoms with E-state index >= 15 is 0 Å². The van der Waals surface area contributed by atoms with Gasteiger partial charge < -0.3 is 19.5 Å². The van der Waals surface area contributed by atoms with Crippen LogP contribution in [0.4, 0.5) is 0 Å². The lowest BCUT2D eigenvalue weighted by Crippen LogP contribution is -2.57. The van der Waals surface area contributed by atoms with Gasteiger partial charge in [0.05, 0.1) is 22.6 Å². The monoisotopic (exact) mass is 355 g/mol. The van der Waals surface area contributed by atoms with Crippen molar-refractivity contribution in [3.63, 3.8) is 0 Å². The summed E-state index contributed by atoms with van der Waals surface area (Å²) < 4.78 is 5.54. The minimum absolute atomic E-state index is 0.0350. The second-order valence-corrected chi connectivity index (χ2v) is 7.57. The Bertz CT molecular complexity index is 836. The molecule has 2 aliphatic rings. The minimum Gasteiger partial charge on any atom is -0.380 e. The molecule has 2 amide bonds. The molecule has 138 valence electrons. The quantitative estimate of drug-likeness (QED) is 0.899. The first-order valence-corrected chi connectivity index (χ1v) is 9.18. The topological polar surface area (TPSA) is 65.6 Å². The van der Waals surface area contributed by atoms with E-state index in [1.807, 2.05) is 42.4 Å². The molecule has 0 bridgehead atoms. The zero-order valence-corrected chi connectivity index (χ0v) is 15.3. The van der Waals surface area contributed by atoms with Crippen molar-refractivity contribution < 1.29 is 14.3 Å². The Hall–Kier alpha value is -2.34. The maximum atomic E-state index is 13.0. The van der Waals surface area contributed by atoms with Crippen LogP contribution >= 0.6 is 0 Å². The van der Waals surface area contributed by atoms with Crippen LogP contribution in [0.5, 0.6) is 0 Å². The molecule has 1 aromatic heterocycles. The highest BCUT2D eigenvalue weighted by molar-refractivity contribution is 6.05. The van der Waals surface area contributed by atoms with Gasteiger partial charge in [-0.2, -0.15) is 0 Å². The number of nitrogens with one attached hydrogen (secondary N) is 1. The van der Waals surface area contributed by atoms with E-state index in [-0.39, 0.29) is 23.3 Å². The minimum atomic E-state index is -0.386. The number of likely N-dealkylation sites (N-methyl/N-ethyl adjacent to an activating group) is 1. The third-order valence-electron chi connectivity index (χ3n) is 6.06. The zero-order valence-electron chi connectivity index (χ0n) is 15.3. The zero-order chi connectivity index (χ0) is 18.3. The number of benzene rings is 1. The van der Waals surface area contributed by atoms with Crippen LogP contribution in [0.1, 0.15) is 29.6 Å². The fourth-order valence-corrected chi connectivity index (χ4v) is 4.53. The fourth-order valence-electron chi connectivity index (χ4n) is 4.53. The van der Waals surface area contributed by atoms with E-state index in [2.05, 4.69) is 4.98 Å². The number of aromatic nitrogens is 1. The molecule has 1 aromatic carbocycles. The Morgan fingerprint density at radius 3 is 2.77 bits per heavy atom. The van der Waals surface area contributed by atoms with Crippen LogP contribution in [0.15, 0.2) is 30.5 Å². The number of aromatic amines is 1. The number of H-pyrrole nitrogens is 1. The molecule has 6 nitrogen and oxygen atoms in total. The highest BCUT2D eigenvalue weighted by Gasteiger charge is 2.48. The number of hydrogen-bond acceptors (Lipinski definition) is 3. The smallest absolute Gasteiger partial charge is 0.255 e.